The topological polar surface area (TPSA) is 106 Å². The normalized spacial score (nSPS) is 17.9. The van der Waals surface area contributed by atoms with Crippen LogP contribution in [0.4, 0.5) is 5.82 Å². The maximum absolute atomic E-state index is 12.4. The molecule has 2 aliphatic rings. The summed E-state index contributed by atoms with van der Waals surface area (Å²) in [6, 6.07) is 8.26. The average Bonchev–Trinajstić information content (AvgIpc) is 3.72. The van der Waals surface area contributed by atoms with Gasteiger partial charge in [0.1, 0.15) is 11.9 Å². The van der Waals surface area contributed by atoms with Gasteiger partial charge in [-0.15, -0.1) is 0 Å². The van der Waals surface area contributed by atoms with E-state index in [-0.39, 0.29) is 25.0 Å². The summed E-state index contributed by atoms with van der Waals surface area (Å²) in [5.74, 6) is 1.00. The number of piperazine rings is 1. The van der Waals surface area contributed by atoms with E-state index in [4.69, 9.17) is 10.1 Å². The number of amides is 1. The first kappa shape index (κ1) is 22.9. The lowest BCUT2D eigenvalue weighted by Gasteiger charge is -2.41. The highest BCUT2D eigenvalue weighted by atomic mass is 16.3. The van der Waals surface area contributed by atoms with Crippen molar-refractivity contribution in [3.8, 4) is 17.2 Å². The lowest BCUT2D eigenvalue weighted by molar-refractivity contribution is -0.134. The van der Waals surface area contributed by atoms with Crippen LogP contribution in [-0.2, 0) is 4.79 Å². The summed E-state index contributed by atoms with van der Waals surface area (Å²) in [4.78, 5) is 30.2. The summed E-state index contributed by atoms with van der Waals surface area (Å²) >= 11 is 0. The van der Waals surface area contributed by atoms with Crippen LogP contribution in [0.2, 0.25) is 0 Å². The number of hydrogen-bond donors (Lipinski definition) is 1. The highest BCUT2D eigenvalue weighted by molar-refractivity contribution is 5.96. The molecule has 35 heavy (non-hydrogen) atoms. The van der Waals surface area contributed by atoms with Gasteiger partial charge in [-0.25, -0.2) is 9.97 Å². The molecule has 2 fully saturated rings. The third kappa shape index (κ3) is 4.35. The Hall–Kier alpha value is -3.83. The summed E-state index contributed by atoms with van der Waals surface area (Å²) in [6.45, 7) is 7.46. The van der Waals surface area contributed by atoms with Crippen molar-refractivity contribution in [1.82, 2.24) is 19.9 Å². The van der Waals surface area contributed by atoms with E-state index in [0.29, 0.717) is 36.9 Å². The SMILES string of the molecule is C=Cc1cc(-c2cc(C#N)c(N3CCN(C(=O)CCO)[C@H](C)C3)nc2C2CC2)c2ccncc2n1. The Morgan fingerprint density at radius 1 is 1.29 bits per heavy atom. The second-order valence-corrected chi connectivity index (χ2v) is 9.23. The molecule has 8 heteroatoms. The maximum Gasteiger partial charge on any atom is 0.225 e. The molecule has 1 saturated heterocycles. The molecule has 8 nitrogen and oxygen atoms in total. The number of aliphatic hydroxyl groups excluding tert-OH is 1. The van der Waals surface area contributed by atoms with Crippen LogP contribution in [0, 0.1) is 11.3 Å². The number of anilines is 1. The zero-order valence-corrected chi connectivity index (χ0v) is 19.8. The van der Waals surface area contributed by atoms with Crippen molar-refractivity contribution in [2.24, 2.45) is 0 Å². The van der Waals surface area contributed by atoms with Crippen LogP contribution in [0.15, 0.2) is 37.2 Å². The van der Waals surface area contributed by atoms with Crippen molar-refractivity contribution in [3.63, 3.8) is 0 Å². The molecular weight excluding hydrogens is 440 g/mol. The fourth-order valence-electron chi connectivity index (χ4n) is 4.91. The Kier molecular flexibility index (Phi) is 6.18. The molecule has 0 aromatic carbocycles. The van der Waals surface area contributed by atoms with Crippen LogP contribution in [0.25, 0.3) is 28.1 Å². The van der Waals surface area contributed by atoms with Crippen LogP contribution < -0.4 is 4.90 Å². The number of hydrogen-bond acceptors (Lipinski definition) is 7. The third-order valence-corrected chi connectivity index (χ3v) is 6.82. The van der Waals surface area contributed by atoms with Crippen molar-refractivity contribution in [2.45, 2.75) is 38.1 Å². The zero-order chi connectivity index (χ0) is 24.5. The van der Waals surface area contributed by atoms with E-state index < -0.39 is 0 Å². The van der Waals surface area contributed by atoms with Crippen molar-refractivity contribution in [2.75, 3.05) is 31.1 Å². The van der Waals surface area contributed by atoms with Gasteiger partial charge in [0.05, 0.1) is 35.3 Å². The van der Waals surface area contributed by atoms with Gasteiger partial charge >= 0.3 is 0 Å². The van der Waals surface area contributed by atoms with Gasteiger partial charge in [-0.3, -0.25) is 9.78 Å². The van der Waals surface area contributed by atoms with Gasteiger partial charge in [-0.1, -0.05) is 6.58 Å². The molecule has 1 atom stereocenters. The smallest absolute Gasteiger partial charge is 0.225 e. The lowest BCUT2D eigenvalue weighted by atomic mass is 9.95. The van der Waals surface area contributed by atoms with Gasteiger partial charge < -0.3 is 14.9 Å². The van der Waals surface area contributed by atoms with Crippen molar-refractivity contribution >= 4 is 28.7 Å². The molecule has 3 aromatic rings. The van der Waals surface area contributed by atoms with Gasteiger partial charge in [-0.2, -0.15) is 5.26 Å². The maximum atomic E-state index is 12.4. The number of rotatable bonds is 6. The average molecular weight is 469 g/mol. The van der Waals surface area contributed by atoms with Crippen LogP contribution in [-0.4, -0.2) is 63.1 Å². The van der Waals surface area contributed by atoms with E-state index in [2.05, 4.69) is 27.5 Å². The Morgan fingerprint density at radius 3 is 2.80 bits per heavy atom. The molecule has 1 amide bonds. The minimum Gasteiger partial charge on any atom is -0.396 e. The first-order valence-corrected chi connectivity index (χ1v) is 12.0. The first-order chi connectivity index (χ1) is 17.0. The minimum atomic E-state index is -0.147. The van der Waals surface area contributed by atoms with E-state index in [1.165, 1.54) is 0 Å². The van der Waals surface area contributed by atoms with E-state index in [9.17, 15) is 10.1 Å². The summed E-state index contributed by atoms with van der Waals surface area (Å²) in [6.07, 6.45) is 7.50. The van der Waals surface area contributed by atoms with E-state index >= 15 is 0 Å². The molecule has 3 aromatic heterocycles. The Bertz CT molecular complexity index is 1340. The summed E-state index contributed by atoms with van der Waals surface area (Å²) in [7, 11) is 0. The van der Waals surface area contributed by atoms with Gasteiger partial charge in [0.2, 0.25) is 5.91 Å². The van der Waals surface area contributed by atoms with Crippen LogP contribution in [0.5, 0.6) is 0 Å². The third-order valence-electron chi connectivity index (χ3n) is 6.82. The lowest BCUT2D eigenvalue weighted by Crippen LogP contribution is -2.54. The predicted octanol–water partition coefficient (Wildman–Crippen LogP) is 3.50. The highest BCUT2D eigenvalue weighted by Crippen LogP contribution is 2.46. The highest BCUT2D eigenvalue weighted by Gasteiger charge is 2.33. The predicted molar refractivity (Wildman–Crippen MR) is 135 cm³/mol. The fraction of sp³-hybridized carbons (Fsp3) is 0.370. The number of nitriles is 1. The van der Waals surface area contributed by atoms with Gasteiger partial charge in [0.25, 0.3) is 0 Å². The van der Waals surface area contributed by atoms with Crippen LogP contribution in [0.1, 0.15) is 49.1 Å². The summed E-state index contributed by atoms with van der Waals surface area (Å²) < 4.78 is 0. The Morgan fingerprint density at radius 2 is 2.11 bits per heavy atom. The summed E-state index contributed by atoms with van der Waals surface area (Å²) in [5.41, 5.74) is 5.00. The fourth-order valence-corrected chi connectivity index (χ4v) is 4.91. The van der Waals surface area contributed by atoms with Crippen molar-refractivity contribution in [1.29, 1.82) is 5.26 Å². The quantitative estimate of drug-likeness (QED) is 0.590. The minimum absolute atomic E-state index is 0.0352. The van der Waals surface area contributed by atoms with Crippen molar-refractivity contribution in [3.05, 3.63) is 54.1 Å². The molecule has 4 heterocycles. The van der Waals surface area contributed by atoms with Gasteiger partial charge in [0, 0.05) is 55.2 Å². The molecule has 0 spiro atoms. The molecule has 5 rings (SSSR count). The molecule has 1 N–H and O–H groups in total. The number of carbonyl (C=O) groups is 1. The van der Waals surface area contributed by atoms with Gasteiger partial charge in [0.15, 0.2) is 0 Å². The monoisotopic (exact) mass is 468 g/mol. The molecule has 0 unspecified atom stereocenters. The standard InChI is InChI=1S/C27H28N6O2/c1-3-20-13-22(21-6-8-29-15-24(21)30-20)23-12-19(14-28)27(31-26(23)18-4-5-18)32-9-10-33(17(2)16-32)25(35)7-11-34/h3,6,8,12-13,15,17-18,34H,1,4-5,7,9-11,16H2,2H3/t17-/m1/s1. The number of carbonyl (C=O) groups excluding carboxylic acids is 1. The van der Waals surface area contributed by atoms with E-state index in [1.54, 1.807) is 18.5 Å². The summed E-state index contributed by atoms with van der Waals surface area (Å²) in [5, 5.41) is 20.2. The molecule has 0 bridgehead atoms. The number of aromatic nitrogens is 3. The van der Waals surface area contributed by atoms with Crippen LogP contribution >= 0.6 is 0 Å². The van der Waals surface area contributed by atoms with Gasteiger partial charge in [-0.05, 0) is 49.6 Å². The molecular formula is C27H28N6O2. The second-order valence-electron chi connectivity index (χ2n) is 9.23. The molecule has 178 valence electrons. The Balaban J connectivity index is 1.58. The van der Waals surface area contributed by atoms with Crippen molar-refractivity contribution < 1.29 is 9.90 Å². The molecule has 1 aliphatic carbocycles. The van der Waals surface area contributed by atoms with E-state index in [1.807, 2.05) is 30.0 Å². The second kappa shape index (κ2) is 9.43. The van der Waals surface area contributed by atoms with E-state index in [0.717, 1.165) is 46.3 Å². The number of nitrogens with zero attached hydrogens (tertiary/aromatic N) is 6. The first-order valence-electron chi connectivity index (χ1n) is 12.0. The molecule has 0 radical (unpaired) electrons. The number of pyridine rings is 3. The van der Waals surface area contributed by atoms with Crippen LogP contribution in [0.3, 0.4) is 0 Å². The molecule has 1 aliphatic heterocycles. The molecule has 1 saturated carbocycles. The zero-order valence-electron chi connectivity index (χ0n) is 19.8. The Labute approximate surface area is 204 Å². The number of fused-ring (bicyclic) bond motifs is 1. The largest absolute Gasteiger partial charge is 0.396 e. The number of aliphatic hydroxyl groups is 1.